The van der Waals surface area contributed by atoms with Crippen LogP contribution in [0.4, 0.5) is 5.69 Å². The van der Waals surface area contributed by atoms with Gasteiger partial charge in [-0.05, 0) is 38.1 Å². The largest absolute Gasteiger partial charge is 0.478 e. The quantitative estimate of drug-likeness (QED) is 0.909. The maximum atomic E-state index is 12.2. The molecule has 7 heteroatoms. The van der Waals surface area contributed by atoms with E-state index in [2.05, 4.69) is 15.5 Å². The Balaban J connectivity index is 2.36. The average Bonchev–Trinajstić information content (AvgIpc) is 2.43. The van der Waals surface area contributed by atoms with Gasteiger partial charge in [0.05, 0.1) is 28.2 Å². The molecule has 0 atom stereocenters. The fraction of sp³-hybridized carbons (Fsp3) is 0.143. The topological polar surface area (TPSA) is 92.2 Å². The Kier molecular flexibility index (Phi) is 4.18. The van der Waals surface area contributed by atoms with Crippen LogP contribution in [0.5, 0.6) is 0 Å². The van der Waals surface area contributed by atoms with Crippen LogP contribution in [0.1, 0.15) is 32.1 Å². The van der Waals surface area contributed by atoms with E-state index in [0.29, 0.717) is 17.0 Å². The second-order valence-electron chi connectivity index (χ2n) is 4.43. The maximum absolute atomic E-state index is 12.2. The van der Waals surface area contributed by atoms with Crippen molar-refractivity contribution in [2.75, 3.05) is 5.32 Å². The van der Waals surface area contributed by atoms with E-state index >= 15 is 0 Å². The third kappa shape index (κ3) is 3.35. The zero-order chi connectivity index (χ0) is 15.6. The van der Waals surface area contributed by atoms with Gasteiger partial charge in [0.2, 0.25) is 0 Å². The van der Waals surface area contributed by atoms with Gasteiger partial charge in [-0.15, -0.1) is 0 Å². The summed E-state index contributed by atoms with van der Waals surface area (Å²) < 4.78 is 0. The summed E-state index contributed by atoms with van der Waals surface area (Å²) in [6.45, 7) is 3.37. The first-order valence-corrected chi connectivity index (χ1v) is 6.41. The molecule has 2 N–H and O–H groups in total. The lowest BCUT2D eigenvalue weighted by molar-refractivity contribution is 0.0698. The Bertz CT molecular complexity index is 731. The van der Waals surface area contributed by atoms with E-state index in [0.717, 1.165) is 0 Å². The third-order valence-corrected chi connectivity index (χ3v) is 3.04. The van der Waals surface area contributed by atoms with E-state index in [1.165, 1.54) is 18.2 Å². The van der Waals surface area contributed by atoms with Gasteiger partial charge in [0.25, 0.3) is 5.91 Å². The van der Waals surface area contributed by atoms with Crippen LogP contribution in [0.3, 0.4) is 0 Å². The van der Waals surface area contributed by atoms with Crippen molar-refractivity contribution in [3.05, 3.63) is 51.8 Å². The highest BCUT2D eigenvalue weighted by molar-refractivity contribution is 6.31. The summed E-state index contributed by atoms with van der Waals surface area (Å²) in [4.78, 5) is 23.4. The van der Waals surface area contributed by atoms with Crippen molar-refractivity contribution in [1.29, 1.82) is 0 Å². The zero-order valence-corrected chi connectivity index (χ0v) is 12.1. The van der Waals surface area contributed by atoms with E-state index < -0.39 is 11.9 Å². The number of aromatic nitrogens is 2. The molecule has 0 aliphatic heterocycles. The van der Waals surface area contributed by atoms with Crippen LogP contribution >= 0.6 is 11.6 Å². The van der Waals surface area contributed by atoms with Gasteiger partial charge >= 0.3 is 5.97 Å². The molecule has 1 amide bonds. The molecule has 1 aromatic carbocycles. The van der Waals surface area contributed by atoms with Crippen molar-refractivity contribution in [2.24, 2.45) is 0 Å². The summed E-state index contributed by atoms with van der Waals surface area (Å²) in [5, 5.41) is 19.7. The number of anilines is 1. The second kappa shape index (κ2) is 5.88. The number of nitrogens with one attached hydrogen (secondary N) is 1. The molecule has 2 rings (SSSR count). The SMILES string of the molecule is Cc1cc(C(=O)Nc2ccc(Cl)cc2C(=O)O)c(C)nn1. The molecular formula is C14H12ClN3O3. The number of carbonyl (C=O) groups excluding carboxylic acids is 1. The number of hydrogen-bond donors (Lipinski definition) is 2. The van der Waals surface area contributed by atoms with Crippen molar-refractivity contribution >= 4 is 29.2 Å². The van der Waals surface area contributed by atoms with E-state index in [1.54, 1.807) is 19.9 Å². The molecule has 0 radical (unpaired) electrons. The van der Waals surface area contributed by atoms with Gasteiger partial charge in [-0.1, -0.05) is 11.6 Å². The summed E-state index contributed by atoms with van der Waals surface area (Å²) in [6, 6.07) is 5.82. The van der Waals surface area contributed by atoms with Gasteiger partial charge in [-0.25, -0.2) is 4.79 Å². The normalized spacial score (nSPS) is 10.2. The van der Waals surface area contributed by atoms with Crippen LogP contribution in [0, 0.1) is 13.8 Å². The number of carboxylic acid groups (broad SMARTS) is 1. The van der Waals surface area contributed by atoms with Crippen molar-refractivity contribution in [3.8, 4) is 0 Å². The Morgan fingerprint density at radius 1 is 1.14 bits per heavy atom. The van der Waals surface area contributed by atoms with Gasteiger partial charge in [-0.2, -0.15) is 10.2 Å². The van der Waals surface area contributed by atoms with Crippen LogP contribution in [-0.4, -0.2) is 27.2 Å². The second-order valence-corrected chi connectivity index (χ2v) is 4.87. The molecular weight excluding hydrogens is 294 g/mol. The Morgan fingerprint density at radius 2 is 1.86 bits per heavy atom. The van der Waals surface area contributed by atoms with Crippen LogP contribution in [0.15, 0.2) is 24.3 Å². The van der Waals surface area contributed by atoms with Gasteiger partial charge in [0, 0.05) is 5.02 Å². The molecule has 0 spiro atoms. The first-order valence-electron chi connectivity index (χ1n) is 6.03. The standard InChI is InChI=1S/C14H12ClN3O3/c1-7-5-10(8(2)18-17-7)13(19)16-12-4-3-9(15)6-11(12)14(20)21/h3-6H,1-2H3,(H,16,19)(H,20,21). The minimum atomic E-state index is -1.17. The van der Waals surface area contributed by atoms with E-state index in [-0.39, 0.29) is 16.3 Å². The molecule has 0 saturated carbocycles. The number of carbonyl (C=O) groups is 2. The highest BCUT2D eigenvalue weighted by Crippen LogP contribution is 2.21. The van der Waals surface area contributed by atoms with Crippen LogP contribution in [0.25, 0.3) is 0 Å². The molecule has 2 aromatic rings. The van der Waals surface area contributed by atoms with Crippen molar-refractivity contribution in [2.45, 2.75) is 13.8 Å². The van der Waals surface area contributed by atoms with Gasteiger partial charge in [0.1, 0.15) is 0 Å². The number of aromatic carboxylic acids is 1. The van der Waals surface area contributed by atoms with Gasteiger partial charge in [-0.3, -0.25) is 4.79 Å². The smallest absolute Gasteiger partial charge is 0.337 e. The predicted molar refractivity (Wildman–Crippen MR) is 77.9 cm³/mol. The van der Waals surface area contributed by atoms with Crippen molar-refractivity contribution < 1.29 is 14.7 Å². The lowest BCUT2D eigenvalue weighted by Crippen LogP contribution is -2.17. The molecule has 0 fully saturated rings. The Hall–Kier alpha value is -2.47. The Morgan fingerprint density at radius 3 is 2.52 bits per heavy atom. The van der Waals surface area contributed by atoms with E-state index in [9.17, 15) is 9.59 Å². The molecule has 0 aliphatic rings. The number of nitrogens with zero attached hydrogens (tertiary/aromatic N) is 2. The molecule has 1 heterocycles. The fourth-order valence-corrected chi connectivity index (χ4v) is 1.94. The monoisotopic (exact) mass is 305 g/mol. The first-order chi connectivity index (χ1) is 9.88. The predicted octanol–water partition coefficient (Wildman–Crippen LogP) is 2.70. The lowest BCUT2D eigenvalue weighted by atomic mass is 10.1. The molecule has 0 saturated heterocycles. The zero-order valence-electron chi connectivity index (χ0n) is 11.3. The van der Waals surface area contributed by atoms with Crippen molar-refractivity contribution in [1.82, 2.24) is 10.2 Å². The summed E-state index contributed by atoms with van der Waals surface area (Å²) >= 11 is 5.77. The van der Waals surface area contributed by atoms with Crippen LogP contribution in [0.2, 0.25) is 5.02 Å². The molecule has 0 unspecified atom stereocenters. The average molecular weight is 306 g/mol. The summed E-state index contributed by atoms with van der Waals surface area (Å²) in [6.07, 6.45) is 0. The number of benzene rings is 1. The van der Waals surface area contributed by atoms with Crippen LogP contribution < -0.4 is 5.32 Å². The third-order valence-electron chi connectivity index (χ3n) is 2.81. The lowest BCUT2D eigenvalue weighted by Gasteiger charge is -2.10. The molecule has 108 valence electrons. The summed E-state index contributed by atoms with van der Waals surface area (Å²) in [7, 11) is 0. The first kappa shape index (κ1) is 14.9. The number of hydrogen-bond acceptors (Lipinski definition) is 4. The minimum Gasteiger partial charge on any atom is -0.478 e. The highest BCUT2D eigenvalue weighted by atomic mass is 35.5. The molecule has 6 nitrogen and oxygen atoms in total. The maximum Gasteiger partial charge on any atom is 0.337 e. The molecule has 21 heavy (non-hydrogen) atoms. The number of amides is 1. The molecule has 0 bridgehead atoms. The highest BCUT2D eigenvalue weighted by Gasteiger charge is 2.16. The van der Waals surface area contributed by atoms with E-state index in [1.807, 2.05) is 0 Å². The Labute approximate surface area is 125 Å². The van der Waals surface area contributed by atoms with Gasteiger partial charge in [0.15, 0.2) is 0 Å². The fourth-order valence-electron chi connectivity index (χ4n) is 1.77. The summed E-state index contributed by atoms with van der Waals surface area (Å²) in [5.41, 5.74) is 1.50. The minimum absolute atomic E-state index is 0.0766. The number of rotatable bonds is 3. The van der Waals surface area contributed by atoms with Crippen LogP contribution in [-0.2, 0) is 0 Å². The van der Waals surface area contributed by atoms with Gasteiger partial charge < -0.3 is 10.4 Å². The molecule has 0 aliphatic carbocycles. The number of aryl methyl sites for hydroxylation is 2. The number of carboxylic acids is 1. The van der Waals surface area contributed by atoms with E-state index in [4.69, 9.17) is 16.7 Å². The molecule has 1 aromatic heterocycles. The summed E-state index contributed by atoms with van der Waals surface area (Å²) in [5.74, 6) is -1.62. The van der Waals surface area contributed by atoms with Crippen molar-refractivity contribution in [3.63, 3.8) is 0 Å². The number of halogens is 1.